The molecule has 2 rings (SSSR count). The lowest BCUT2D eigenvalue weighted by Crippen LogP contribution is -2.22. The zero-order valence-corrected chi connectivity index (χ0v) is 10.5. The largest absolute Gasteiger partial charge is 0.390 e. The minimum absolute atomic E-state index is 0.107. The predicted octanol–water partition coefficient (Wildman–Crippen LogP) is 3.28. The Kier molecular flexibility index (Phi) is 4.66. The van der Waals surface area contributed by atoms with Crippen molar-refractivity contribution in [2.75, 3.05) is 0 Å². The minimum Gasteiger partial charge on any atom is -0.390 e. The summed E-state index contributed by atoms with van der Waals surface area (Å²) in [7, 11) is 0. The Morgan fingerprint density at radius 1 is 1.06 bits per heavy atom. The van der Waals surface area contributed by atoms with E-state index in [1.807, 2.05) is 0 Å². The highest BCUT2D eigenvalue weighted by Crippen LogP contribution is 2.34. The van der Waals surface area contributed by atoms with E-state index in [0.717, 1.165) is 12.8 Å². The highest BCUT2D eigenvalue weighted by atomic mass is 16.5. The molecule has 1 N–H and O–H groups in total. The highest BCUT2D eigenvalue weighted by Gasteiger charge is 2.36. The fourth-order valence-electron chi connectivity index (χ4n) is 3.29. The number of hydrogen-bond donors (Lipinski definition) is 1. The summed E-state index contributed by atoms with van der Waals surface area (Å²) in [5, 5.41) is 9.89. The summed E-state index contributed by atoms with van der Waals surface area (Å²) >= 11 is 0. The molecule has 3 atom stereocenters. The van der Waals surface area contributed by atoms with E-state index in [4.69, 9.17) is 4.74 Å². The van der Waals surface area contributed by atoms with Crippen molar-refractivity contribution >= 4 is 0 Å². The molecule has 1 heterocycles. The van der Waals surface area contributed by atoms with Crippen molar-refractivity contribution in [2.24, 2.45) is 5.92 Å². The van der Waals surface area contributed by atoms with Crippen molar-refractivity contribution in [3.8, 4) is 0 Å². The maximum atomic E-state index is 9.89. The quantitative estimate of drug-likeness (QED) is 0.783. The Hall–Kier alpha value is -0.0800. The van der Waals surface area contributed by atoms with Crippen molar-refractivity contribution in [1.82, 2.24) is 0 Å². The van der Waals surface area contributed by atoms with Gasteiger partial charge in [-0.3, -0.25) is 0 Å². The molecule has 0 amide bonds. The second-order valence-corrected chi connectivity index (χ2v) is 5.53. The van der Waals surface area contributed by atoms with Gasteiger partial charge in [-0.15, -0.1) is 0 Å². The Balaban J connectivity index is 1.86. The third-order valence-corrected chi connectivity index (χ3v) is 4.33. The first kappa shape index (κ1) is 12.4. The molecule has 2 fully saturated rings. The van der Waals surface area contributed by atoms with Crippen LogP contribution < -0.4 is 0 Å². The van der Waals surface area contributed by atoms with E-state index in [1.54, 1.807) is 0 Å². The molecular formula is C14H26O2. The van der Waals surface area contributed by atoms with Gasteiger partial charge in [0, 0.05) is 6.42 Å². The van der Waals surface area contributed by atoms with Gasteiger partial charge in [-0.1, -0.05) is 39.0 Å². The van der Waals surface area contributed by atoms with Crippen LogP contribution in [0.2, 0.25) is 0 Å². The van der Waals surface area contributed by atoms with Crippen molar-refractivity contribution in [3.05, 3.63) is 0 Å². The van der Waals surface area contributed by atoms with Gasteiger partial charge in [0.1, 0.15) is 0 Å². The summed E-state index contributed by atoms with van der Waals surface area (Å²) < 4.78 is 6.01. The van der Waals surface area contributed by atoms with E-state index in [1.165, 1.54) is 44.9 Å². The van der Waals surface area contributed by atoms with Gasteiger partial charge in [-0.05, 0) is 25.2 Å². The van der Waals surface area contributed by atoms with Gasteiger partial charge in [-0.2, -0.15) is 0 Å². The van der Waals surface area contributed by atoms with E-state index in [-0.39, 0.29) is 12.2 Å². The molecule has 0 bridgehead atoms. The van der Waals surface area contributed by atoms with E-state index < -0.39 is 0 Å². The molecule has 1 saturated carbocycles. The summed E-state index contributed by atoms with van der Waals surface area (Å²) in [5.74, 6) is 0.714. The van der Waals surface area contributed by atoms with Gasteiger partial charge in [0.25, 0.3) is 0 Å². The Morgan fingerprint density at radius 3 is 2.25 bits per heavy atom. The monoisotopic (exact) mass is 226 g/mol. The number of hydrogen-bond acceptors (Lipinski definition) is 2. The second kappa shape index (κ2) is 6.02. The lowest BCUT2D eigenvalue weighted by Gasteiger charge is -2.25. The van der Waals surface area contributed by atoms with Crippen LogP contribution >= 0.6 is 0 Å². The van der Waals surface area contributed by atoms with Crippen LogP contribution in [0.3, 0.4) is 0 Å². The molecule has 0 radical (unpaired) electrons. The van der Waals surface area contributed by atoms with E-state index in [0.29, 0.717) is 12.0 Å². The van der Waals surface area contributed by atoms with Gasteiger partial charge in [-0.25, -0.2) is 0 Å². The molecule has 0 spiro atoms. The van der Waals surface area contributed by atoms with Crippen LogP contribution in [0.1, 0.15) is 64.7 Å². The molecule has 16 heavy (non-hydrogen) atoms. The van der Waals surface area contributed by atoms with Gasteiger partial charge < -0.3 is 9.84 Å². The van der Waals surface area contributed by atoms with E-state index in [2.05, 4.69) is 6.92 Å². The molecule has 1 unspecified atom stereocenters. The lowest BCUT2D eigenvalue weighted by atomic mass is 9.86. The molecular weight excluding hydrogens is 200 g/mol. The Labute approximate surface area is 99.4 Å². The highest BCUT2D eigenvalue weighted by molar-refractivity contribution is 4.85. The minimum atomic E-state index is -0.208. The average molecular weight is 226 g/mol. The fourth-order valence-corrected chi connectivity index (χ4v) is 3.29. The second-order valence-electron chi connectivity index (χ2n) is 5.53. The molecule has 0 aromatic heterocycles. The summed E-state index contributed by atoms with van der Waals surface area (Å²) in [6.07, 6.45) is 11.6. The molecule has 0 aromatic carbocycles. The van der Waals surface area contributed by atoms with Crippen molar-refractivity contribution in [2.45, 2.75) is 83.0 Å². The van der Waals surface area contributed by atoms with E-state index >= 15 is 0 Å². The van der Waals surface area contributed by atoms with Crippen molar-refractivity contribution in [3.63, 3.8) is 0 Å². The third-order valence-electron chi connectivity index (χ3n) is 4.33. The summed E-state index contributed by atoms with van der Waals surface area (Å²) in [6.45, 7) is 2.11. The van der Waals surface area contributed by atoms with Crippen LogP contribution in [0.25, 0.3) is 0 Å². The van der Waals surface area contributed by atoms with Gasteiger partial charge >= 0.3 is 0 Å². The molecule has 94 valence electrons. The van der Waals surface area contributed by atoms with Crippen LogP contribution in [0.5, 0.6) is 0 Å². The molecule has 0 aromatic rings. The maximum Gasteiger partial charge on any atom is 0.0836 e. The van der Waals surface area contributed by atoms with Crippen LogP contribution in [-0.4, -0.2) is 23.4 Å². The normalized spacial score (nSPS) is 38.2. The predicted molar refractivity (Wildman–Crippen MR) is 65.4 cm³/mol. The van der Waals surface area contributed by atoms with Crippen LogP contribution in [0.4, 0.5) is 0 Å². The SMILES string of the molecule is CCC1O[C@@H](C2CCCCCCC2)C[C@H]1O. The summed E-state index contributed by atoms with van der Waals surface area (Å²) in [5.41, 5.74) is 0. The van der Waals surface area contributed by atoms with Crippen LogP contribution in [0, 0.1) is 5.92 Å². The molecule has 2 heteroatoms. The smallest absolute Gasteiger partial charge is 0.0836 e. The zero-order valence-electron chi connectivity index (χ0n) is 10.5. The first-order valence-corrected chi connectivity index (χ1v) is 7.14. The molecule has 1 aliphatic carbocycles. The van der Waals surface area contributed by atoms with Crippen LogP contribution in [0.15, 0.2) is 0 Å². The Bertz CT molecular complexity index is 197. The van der Waals surface area contributed by atoms with Gasteiger partial charge in [0.05, 0.1) is 18.3 Å². The first-order chi connectivity index (χ1) is 7.81. The molecule has 1 saturated heterocycles. The zero-order chi connectivity index (χ0) is 11.4. The molecule has 1 aliphatic heterocycles. The summed E-state index contributed by atoms with van der Waals surface area (Å²) in [4.78, 5) is 0. The summed E-state index contributed by atoms with van der Waals surface area (Å²) in [6, 6.07) is 0. The number of rotatable bonds is 2. The molecule has 2 nitrogen and oxygen atoms in total. The lowest BCUT2D eigenvalue weighted by molar-refractivity contribution is -0.0174. The fraction of sp³-hybridized carbons (Fsp3) is 1.00. The van der Waals surface area contributed by atoms with Crippen molar-refractivity contribution in [1.29, 1.82) is 0 Å². The average Bonchev–Trinajstić information content (AvgIpc) is 2.59. The standard InChI is InChI=1S/C14H26O2/c1-2-13-12(15)10-14(16-13)11-8-6-4-3-5-7-9-11/h11-15H,2-10H2,1H3/t12-,13?,14-/m1/s1. The van der Waals surface area contributed by atoms with Gasteiger partial charge in [0.15, 0.2) is 0 Å². The third kappa shape index (κ3) is 2.98. The number of ether oxygens (including phenoxy) is 1. The maximum absolute atomic E-state index is 9.89. The molecule has 2 aliphatic rings. The number of aliphatic hydroxyl groups excluding tert-OH is 1. The first-order valence-electron chi connectivity index (χ1n) is 7.14. The Morgan fingerprint density at radius 2 is 1.69 bits per heavy atom. The van der Waals surface area contributed by atoms with E-state index in [9.17, 15) is 5.11 Å². The number of aliphatic hydroxyl groups is 1. The van der Waals surface area contributed by atoms with Crippen molar-refractivity contribution < 1.29 is 9.84 Å². The van der Waals surface area contributed by atoms with Crippen LogP contribution in [-0.2, 0) is 4.74 Å². The van der Waals surface area contributed by atoms with Gasteiger partial charge in [0.2, 0.25) is 0 Å². The topological polar surface area (TPSA) is 29.5 Å².